The maximum atomic E-state index is 10.8. The molecule has 0 aliphatic rings. The van der Waals surface area contributed by atoms with Crippen LogP contribution in [0.25, 0.3) is 0 Å². The summed E-state index contributed by atoms with van der Waals surface area (Å²) in [6, 6.07) is 3.63. The zero-order chi connectivity index (χ0) is 11.6. The van der Waals surface area contributed by atoms with Gasteiger partial charge in [0.05, 0.1) is 5.56 Å². The smallest absolute Gasteiger partial charge is 0.153 e. The fraction of sp³-hybridized carbons (Fsp3) is 0.417. The molecule has 0 aliphatic carbocycles. The lowest BCUT2D eigenvalue weighted by molar-refractivity contribution is 0.112. The van der Waals surface area contributed by atoms with Crippen molar-refractivity contribution in [3.8, 4) is 5.75 Å². The van der Waals surface area contributed by atoms with Crippen LogP contribution in [0.3, 0.4) is 0 Å². The summed E-state index contributed by atoms with van der Waals surface area (Å²) in [6.45, 7) is 6.03. The Kier molecular flexibility index (Phi) is 3.55. The SMILES string of the molecule is CC(C)(C)c1cc(CBr)cc(C=O)c1O. The first-order chi connectivity index (χ1) is 6.90. The van der Waals surface area contributed by atoms with Crippen LogP contribution < -0.4 is 0 Å². The van der Waals surface area contributed by atoms with Gasteiger partial charge in [-0.2, -0.15) is 0 Å². The van der Waals surface area contributed by atoms with E-state index in [1.54, 1.807) is 6.07 Å². The Morgan fingerprint density at radius 3 is 2.40 bits per heavy atom. The van der Waals surface area contributed by atoms with E-state index < -0.39 is 0 Å². The lowest BCUT2D eigenvalue weighted by Gasteiger charge is -2.22. The molecule has 1 aromatic rings. The molecule has 0 saturated carbocycles. The summed E-state index contributed by atoms with van der Waals surface area (Å²) in [7, 11) is 0. The molecule has 0 saturated heterocycles. The Hall–Kier alpha value is -0.830. The van der Waals surface area contributed by atoms with Gasteiger partial charge in [0.25, 0.3) is 0 Å². The second-order valence-corrected chi connectivity index (χ2v) is 5.14. The molecule has 0 aliphatic heterocycles. The maximum absolute atomic E-state index is 10.8. The van der Waals surface area contributed by atoms with Gasteiger partial charge in [-0.25, -0.2) is 0 Å². The van der Waals surface area contributed by atoms with Gasteiger partial charge in [0.2, 0.25) is 0 Å². The zero-order valence-corrected chi connectivity index (χ0v) is 10.8. The fourth-order valence-corrected chi connectivity index (χ4v) is 1.78. The first-order valence-electron chi connectivity index (χ1n) is 4.77. The first kappa shape index (κ1) is 12.2. The topological polar surface area (TPSA) is 37.3 Å². The summed E-state index contributed by atoms with van der Waals surface area (Å²) in [6.07, 6.45) is 0.691. The van der Waals surface area contributed by atoms with Crippen molar-refractivity contribution in [2.24, 2.45) is 0 Å². The highest BCUT2D eigenvalue weighted by Gasteiger charge is 2.20. The van der Waals surface area contributed by atoms with E-state index in [4.69, 9.17) is 0 Å². The number of benzene rings is 1. The first-order valence-corrected chi connectivity index (χ1v) is 5.89. The standard InChI is InChI=1S/C12H15BrO2/c1-12(2,3)10-5-8(6-13)4-9(7-14)11(10)15/h4-5,7,15H,6H2,1-3H3. The molecule has 15 heavy (non-hydrogen) atoms. The third-order valence-electron chi connectivity index (χ3n) is 2.29. The Bertz CT molecular complexity index is 378. The van der Waals surface area contributed by atoms with Gasteiger partial charge in [0.15, 0.2) is 6.29 Å². The number of phenolic OH excluding ortho intramolecular Hbond substituents is 1. The summed E-state index contributed by atoms with van der Waals surface area (Å²) in [5.74, 6) is 0.0993. The molecular formula is C12H15BrO2. The van der Waals surface area contributed by atoms with E-state index in [9.17, 15) is 9.90 Å². The molecule has 0 heterocycles. The molecule has 2 nitrogen and oxygen atoms in total. The number of halogens is 1. The Labute approximate surface area is 98.4 Å². The van der Waals surface area contributed by atoms with Crippen LogP contribution >= 0.6 is 15.9 Å². The molecule has 1 aromatic carbocycles. The minimum Gasteiger partial charge on any atom is -0.507 e. The average molecular weight is 271 g/mol. The van der Waals surface area contributed by atoms with Gasteiger partial charge in [-0.05, 0) is 17.0 Å². The minimum absolute atomic E-state index is 0.0993. The summed E-state index contributed by atoms with van der Waals surface area (Å²) >= 11 is 3.35. The molecule has 0 bridgehead atoms. The van der Waals surface area contributed by atoms with Crippen molar-refractivity contribution >= 4 is 22.2 Å². The van der Waals surface area contributed by atoms with Crippen LogP contribution in [0.4, 0.5) is 0 Å². The maximum Gasteiger partial charge on any atom is 0.153 e. The number of carbonyl (C=O) groups excluding carboxylic acids is 1. The number of aldehydes is 1. The van der Waals surface area contributed by atoms with Crippen molar-refractivity contribution < 1.29 is 9.90 Å². The van der Waals surface area contributed by atoms with E-state index in [0.29, 0.717) is 17.2 Å². The molecule has 82 valence electrons. The second kappa shape index (κ2) is 4.35. The predicted molar refractivity (Wildman–Crippen MR) is 64.8 cm³/mol. The molecule has 3 heteroatoms. The number of phenols is 1. The van der Waals surface area contributed by atoms with E-state index in [-0.39, 0.29) is 11.2 Å². The van der Waals surface area contributed by atoms with Gasteiger partial charge in [-0.15, -0.1) is 0 Å². The molecular weight excluding hydrogens is 256 g/mol. The molecule has 0 atom stereocenters. The van der Waals surface area contributed by atoms with Gasteiger partial charge in [0.1, 0.15) is 5.75 Å². The molecule has 0 amide bonds. The monoisotopic (exact) mass is 270 g/mol. The van der Waals surface area contributed by atoms with Crippen LogP contribution in [0.1, 0.15) is 42.3 Å². The van der Waals surface area contributed by atoms with E-state index in [1.165, 1.54) is 0 Å². The number of carbonyl (C=O) groups is 1. The third-order valence-corrected chi connectivity index (χ3v) is 2.94. The minimum atomic E-state index is -0.167. The Balaban J connectivity index is 3.44. The molecule has 0 radical (unpaired) electrons. The van der Waals surface area contributed by atoms with E-state index in [1.807, 2.05) is 26.8 Å². The van der Waals surface area contributed by atoms with Crippen LogP contribution in [0.2, 0.25) is 0 Å². The Morgan fingerprint density at radius 2 is 2.00 bits per heavy atom. The van der Waals surface area contributed by atoms with Crippen molar-refractivity contribution in [1.82, 2.24) is 0 Å². The highest BCUT2D eigenvalue weighted by Crippen LogP contribution is 2.34. The lowest BCUT2D eigenvalue weighted by atomic mass is 9.84. The molecule has 0 aromatic heterocycles. The number of aromatic hydroxyl groups is 1. The number of hydrogen-bond acceptors (Lipinski definition) is 2. The van der Waals surface area contributed by atoms with Crippen molar-refractivity contribution in [2.75, 3.05) is 0 Å². The van der Waals surface area contributed by atoms with Gasteiger partial charge >= 0.3 is 0 Å². The van der Waals surface area contributed by atoms with E-state index in [0.717, 1.165) is 11.1 Å². The van der Waals surface area contributed by atoms with Crippen LogP contribution in [0.5, 0.6) is 5.75 Å². The van der Waals surface area contributed by atoms with Crippen molar-refractivity contribution in [3.05, 3.63) is 28.8 Å². The summed E-state index contributed by atoms with van der Waals surface area (Å²) < 4.78 is 0. The predicted octanol–water partition coefficient (Wildman–Crippen LogP) is 3.40. The summed E-state index contributed by atoms with van der Waals surface area (Å²) in [4.78, 5) is 10.8. The molecule has 1 N–H and O–H groups in total. The van der Waals surface area contributed by atoms with Crippen molar-refractivity contribution in [2.45, 2.75) is 31.5 Å². The Morgan fingerprint density at radius 1 is 1.40 bits per heavy atom. The van der Waals surface area contributed by atoms with Gasteiger partial charge in [-0.3, -0.25) is 4.79 Å². The molecule has 1 rings (SSSR count). The van der Waals surface area contributed by atoms with Gasteiger partial charge < -0.3 is 5.11 Å². The van der Waals surface area contributed by atoms with Crippen molar-refractivity contribution in [1.29, 1.82) is 0 Å². The van der Waals surface area contributed by atoms with Crippen LogP contribution in [-0.4, -0.2) is 11.4 Å². The number of alkyl halides is 1. The number of hydrogen-bond donors (Lipinski definition) is 1. The quantitative estimate of drug-likeness (QED) is 0.661. The lowest BCUT2D eigenvalue weighted by Crippen LogP contribution is -2.12. The van der Waals surface area contributed by atoms with Crippen molar-refractivity contribution in [3.63, 3.8) is 0 Å². The van der Waals surface area contributed by atoms with E-state index >= 15 is 0 Å². The van der Waals surface area contributed by atoms with E-state index in [2.05, 4.69) is 15.9 Å². The molecule has 0 unspecified atom stereocenters. The normalized spacial score (nSPS) is 11.5. The summed E-state index contributed by atoms with van der Waals surface area (Å²) in [5, 5.41) is 10.6. The highest BCUT2D eigenvalue weighted by atomic mass is 79.9. The second-order valence-electron chi connectivity index (χ2n) is 4.58. The number of rotatable bonds is 2. The molecule has 0 spiro atoms. The average Bonchev–Trinajstić information content (AvgIpc) is 2.16. The zero-order valence-electron chi connectivity index (χ0n) is 9.17. The van der Waals surface area contributed by atoms with Crippen LogP contribution in [0.15, 0.2) is 12.1 Å². The molecule has 0 fully saturated rings. The summed E-state index contributed by atoms with van der Waals surface area (Å²) in [5.41, 5.74) is 2.00. The fourth-order valence-electron chi connectivity index (χ4n) is 1.46. The van der Waals surface area contributed by atoms with Gasteiger partial charge in [0, 0.05) is 10.9 Å². The van der Waals surface area contributed by atoms with Gasteiger partial charge in [-0.1, -0.05) is 42.8 Å². The highest BCUT2D eigenvalue weighted by molar-refractivity contribution is 9.08. The third kappa shape index (κ3) is 2.59. The van der Waals surface area contributed by atoms with Crippen LogP contribution in [-0.2, 0) is 10.7 Å². The largest absolute Gasteiger partial charge is 0.507 e. The van der Waals surface area contributed by atoms with Crippen LogP contribution in [0, 0.1) is 0 Å².